The fourth-order valence-electron chi connectivity index (χ4n) is 3.91. The highest BCUT2D eigenvalue weighted by molar-refractivity contribution is 5.96. The molecule has 4 heteroatoms. The molecule has 3 rings (SSSR count). The molecule has 0 aliphatic carbocycles. The molecular formula is C24H31NO3. The highest BCUT2D eigenvalue weighted by atomic mass is 16.5. The summed E-state index contributed by atoms with van der Waals surface area (Å²) in [6.07, 6.45) is 0.724. The molecule has 0 unspecified atom stereocenters. The smallest absolute Gasteiger partial charge is 0.252 e. The van der Waals surface area contributed by atoms with Crippen LogP contribution in [0.3, 0.4) is 0 Å². The maximum absolute atomic E-state index is 13.2. The minimum absolute atomic E-state index is 0.0581. The number of carbonyl (C=O) groups is 1. The maximum atomic E-state index is 13.2. The second kappa shape index (κ2) is 7.50. The Kier molecular flexibility index (Phi) is 5.42. The summed E-state index contributed by atoms with van der Waals surface area (Å²) in [5.74, 6) is 1.89. The van der Waals surface area contributed by atoms with Gasteiger partial charge in [-0.05, 0) is 62.9 Å². The van der Waals surface area contributed by atoms with E-state index in [0.717, 1.165) is 40.2 Å². The lowest BCUT2D eigenvalue weighted by molar-refractivity contribution is 0.0619. The van der Waals surface area contributed by atoms with Gasteiger partial charge >= 0.3 is 0 Å². The average molecular weight is 382 g/mol. The van der Waals surface area contributed by atoms with Crippen molar-refractivity contribution < 1.29 is 14.3 Å². The first-order chi connectivity index (χ1) is 13.1. The van der Waals surface area contributed by atoms with Gasteiger partial charge in [0.25, 0.3) is 5.91 Å². The average Bonchev–Trinajstić information content (AvgIpc) is 2.60. The Hall–Kier alpha value is -2.49. The van der Waals surface area contributed by atoms with Gasteiger partial charge in [0.1, 0.15) is 17.1 Å². The number of rotatable bonds is 4. The van der Waals surface area contributed by atoms with Crippen molar-refractivity contribution in [1.29, 1.82) is 0 Å². The van der Waals surface area contributed by atoms with Crippen molar-refractivity contribution in [3.63, 3.8) is 0 Å². The van der Waals surface area contributed by atoms with Crippen LogP contribution in [0.25, 0.3) is 0 Å². The van der Waals surface area contributed by atoms with Crippen LogP contribution < -0.4 is 14.8 Å². The number of carbonyl (C=O) groups excluding carboxylic acids is 1. The van der Waals surface area contributed by atoms with Gasteiger partial charge in [0.2, 0.25) is 0 Å². The Labute approximate surface area is 168 Å². The SMILES string of the molecule is COc1cc(C)c(C(=O)N[C@@H]2CC(C)(C)Oc3ccc(C)cc32)cc1C(C)C. The number of ether oxygens (including phenoxy) is 2. The zero-order valence-corrected chi connectivity index (χ0v) is 18.0. The normalized spacial score (nSPS) is 17.6. The van der Waals surface area contributed by atoms with Crippen LogP contribution in [0.4, 0.5) is 0 Å². The number of methoxy groups -OCH3 is 1. The third-order valence-corrected chi connectivity index (χ3v) is 5.37. The molecule has 150 valence electrons. The standard InChI is InChI=1S/C24H31NO3/c1-14(2)17-12-18(16(4)11-22(17)27-7)23(26)25-20-13-24(5,6)28-21-9-8-15(3)10-19(20)21/h8-12,14,20H,13H2,1-7H3,(H,25,26)/t20-/m1/s1. The van der Waals surface area contributed by atoms with Gasteiger partial charge in [-0.25, -0.2) is 0 Å². The number of benzene rings is 2. The number of fused-ring (bicyclic) bond motifs is 1. The Morgan fingerprint density at radius 1 is 1.21 bits per heavy atom. The zero-order chi connectivity index (χ0) is 20.6. The van der Waals surface area contributed by atoms with Crippen LogP contribution in [0.2, 0.25) is 0 Å². The second-order valence-corrected chi connectivity index (χ2v) is 8.70. The van der Waals surface area contributed by atoms with E-state index in [2.05, 4.69) is 46.0 Å². The van der Waals surface area contributed by atoms with Crippen molar-refractivity contribution in [2.45, 2.75) is 65.5 Å². The molecule has 0 radical (unpaired) electrons. The van der Waals surface area contributed by atoms with E-state index < -0.39 is 0 Å². The van der Waals surface area contributed by atoms with Crippen LogP contribution in [0.15, 0.2) is 30.3 Å². The molecule has 1 atom stereocenters. The van der Waals surface area contributed by atoms with Crippen molar-refractivity contribution >= 4 is 5.91 Å². The van der Waals surface area contributed by atoms with E-state index >= 15 is 0 Å². The molecule has 1 amide bonds. The van der Waals surface area contributed by atoms with E-state index in [-0.39, 0.29) is 23.5 Å². The highest BCUT2D eigenvalue weighted by Crippen LogP contribution is 2.40. The van der Waals surface area contributed by atoms with E-state index in [1.807, 2.05) is 31.2 Å². The molecule has 4 nitrogen and oxygen atoms in total. The van der Waals surface area contributed by atoms with Gasteiger partial charge in [-0.1, -0.05) is 31.5 Å². The van der Waals surface area contributed by atoms with Gasteiger partial charge in [0, 0.05) is 17.5 Å². The number of hydrogen-bond donors (Lipinski definition) is 1. The van der Waals surface area contributed by atoms with Crippen LogP contribution in [0.1, 0.15) is 78.7 Å². The summed E-state index contributed by atoms with van der Waals surface area (Å²) in [6.45, 7) is 12.3. The summed E-state index contributed by atoms with van der Waals surface area (Å²) in [4.78, 5) is 13.2. The molecule has 1 aliphatic rings. The molecule has 1 aliphatic heterocycles. The predicted octanol–water partition coefficient (Wildman–Crippen LogP) is 5.47. The molecule has 28 heavy (non-hydrogen) atoms. The number of hydrogen-bond acceptors (Lipinski definition) is 3. The fourth-order valence-corrected chi connectivity index (χ4v) is 3.91. The fraction of sp³-hybridized carbons (Fsp3) is 0.458. The molecule has 0 aromatic heterocycles. The minimum Gasteiger partial charge on any atom is -0.496 e. The van der Waals surface area contributed by atoms with Crippen LogP contribution >= 0.6 is 0 Å². The molecule has 2 aromatic rings. The number of amides is 1. The first-order valence-electron chi connectivity index (χ1n) is 9.90. The van der Waals surface area contributed by atoms with Crippen LogP contribution in [-0.2, 0) is 0 Å². The lowest BCUT2D eigenvalue weighted by Gasteiger charge is -2.38. The Balaban J connectivity index is 1.95. The van der Waals surface area contributed by atoms with Crippen LogP contribution in [0.5, 0.6) is 11.5 Å². The van der Waals surface area contributed by atoms with E-state index in [1.165, 1.54) is 0 Å². The molecule has 0 saturated carbocycles. The molecule has 0 bridgehead atoms. The zero-order valence-electron chi connectivity index (χ0n) is 18.0. The van der Waals surface area contributed by atoms with Crippen molar-refractivity contribution in [2.24, 2.45) is 0 Å². The Morgan fingerprint density at radius 2 is 1.93 bits per heavy atom. The van der Waals surface area contributed by atoms with Gasteiger partial charge in [0.15, 0.2) is 0 Å². The Morgan fingerprint density at radius 3 is 2.57 bits per heavy atom. The molecule has 1 heterocycles. The van der Waals surface area contributed by atoms with E-state index in [1.54, 1.807) is 7.11 Å². The van der Waals surface area contributed by atoms with Crippen molar-refractivity contribution in [3.05, 3.63) is 58.1 Å². The summed E-state index contributed by atoms with van der Waals surface area (Å²) in [6, 6.07) is 9.99. The third kappa shape index (κ3) is 4.01. The van der Waals surface area contributed by atoms with Crippen molar-refractivity contribution in [1.82, 2.24) is 5.32 Å². The maximum Gasteiger partial charge on any atom is 0.252 e. The van der Waals surface area contributed by atoms with Crippen molar-refractivity contribution in [3.8, 4) is 11.5 Å². The number of nitrogens with one attached hydrogen (secondary N) is 1. The van der Waals surface area contributed by atoms with Gasteiger partial charge in [-0.15, -0.1) is 0 Å². The van der Waals surface area contributed by atoms with E-state index in [9.17, 15) is 4.79 Å². The van der Waals surface area contributed by atoms with Crippen molar-refractivity contribution in [2.75, 3.05) is 7.11 Å². The number of aryl methyl sites for hydroxylation is 2. The lowest BCUT2D eigenvalue weighted by atomic mass is 9.88. The summed E-state index contributed by atoms with van der Waals surface area (Å²) < 4.78 is 11.6. The van der Waals surface area contributed by atoms with Gasteiger partial charge in [-0.2, -0.15) is 0 Å². The second-order valence-electron chi connectivity index (χ2n) is 8.70. The summed E-state index contributed by atoms with van der Waals surface area (Å²) >= 11 is 0. The molecule has 0 saturated heterocycles. The van der Waals surface area contributed by atoms with Gasteiger partial charge in [-0.3, -0.25) is 4.79 Å². The molecule has 2 aromatic carbocycles. The third-order valence-electron chi connectivity index (χ3n) is 5.37. The molecule has 0 spiro atoms. The Bertz CT molecular complexity index is 899. The highest BCUT2D eigenvalue weighted by Gasteiger charge is 2.35. The summed E-state index contributed by atoms with van der Waals surface area (Å²) in [7, 11) is 1.67. The predicted molar refractivity (Wildman–Crippen MR) is 113 cm³/mol. The first kappa shape index (κ1) is 20.2. The van der Waals surface area contributed by atoms with Crippen LogP contribution in [0, 0.1) is 13.8 Å². The molecule has 0 fully saturated rings. The van der Waals surface area contributed by atoms with Gasteiger partial charge < -0.3 is 14.8 Å². The lowest BCUT2D eigenvalue weighted by Crippen LogP contribution is -2.41. The first-order valence-corrected chi connectivity index (χ1v) is 9.90. The van der Waals surface area contributed by atoms with Crippen LogP contribution in [-0.4, -0.2) is 18.6 Å². The summed E-state index contributed by atoms with van der Waals surface area (Å²) in [5, 5.41) is 3.26. The monoisotopic (exact) mass is 381 g/mol. The van der Waals surface area contributed by atoms with E-state index in [0.29, 0.717) is 5.56 Å². The minimum atomic E-state index is -0.335. The topological polar surface area (TPSA) is 47.6 Å². The quantitative estimate of drug-likeness (QED) is 0.764. The molecular weight excluding hydrogens is 350 g/mol. The summed E-state index contributed by atoms with van der Waals surface area (Å²) in [5.41, 5.74) is 4.52. The molecule has 1 N–H and O–H groups in total. The van der Waals surface area contributed by atoms with Gasteiger partial charge in [0.05, 0.1) is 13.2 Å². The largest absolute Gasteiger partial charge is 0.496 e. The van der Waals surface area contributed by atoms with E-state index in [4.69, 9.17) is 9.47 Å².